The second-order valence-corrected chi connectivity index (χ2v) is 11.6. The first-order valence-electron chi connectivity index (χ1n) is 15.3. The Morgan fingerprint density at radius 3 is 1.98 bits per heavy atom. The van der Waals surface area contributed by atoms with Gasteiger partial charge in [-0.1, -0.05) is 97.9 Å². The molecule has 0 bridgehead atoms. The summed E-state index contributed by atoms with van der Waals surface area (Å²) in [6.45, 7) is 4.34. The molecule has 1 aliphatic carbocycles. The summed E-state index contributed by atoms with van der Waals surface area (Å²) in [6.07, 6.45) is 7.33. The predicted octanol–water partition coefficient (Wildman–Crippen LogP) is 9.98. The highest BCUT2D eigenvalue weighted by atomic mass is 16.3. The van der Waals surface area contributed by atoms with Crippen LogP contribution >= 0.6 is 0 Å². The number of fused-ring (bicyclic) bond motifs is 3. The molecule has 3 aromatic heterocycles. The van der Waals surface area contributed by atoms with Crippen LogP contribution in [0.3, 0.4) is 0 Å². The normalized spacial score (nSPS) is 14.8. The van der Waals surface area contributed by atoms with Crippen LogP contribution in [0.5, 0.6) is 0 Å². The first-order valence-corrected chi connectivity index (χ1v) is 15.3. The second kappa shape index (κ2) is 11.1. The van der Waals surface area contributed by atoms with Gasteiger partial charge in [0.15, 0.2) is 17.5 Å². The van der Waals surface area contributed by atoms with Gasteiger partial charge in [0.1, 0.15) is 11.2 Å². The van der Waals surface area contributed by atoms with E-state index in [1.165, 1.54) is 16.7 Å². The molecule has 45 heavy (non-hydrogen) atoms. The molecule has 1 unspecified atom stereocenters. The average Bonchev–Trinajstić information content (AvgIpc) is 3.47. The zero-order chi connectivity index (χ0) is 30.3. The van der Waals surface area contributed by atoms with Crippen molar-refractivity contribution in [2.75, 3.05) is 0 Å². The fraction of sp³-hybridized carbons (Fsp3) is 0.100. The SMILES string of the molecule is Cc1cc(C2=CC=C(c3cc(-c4nc(-c5ccccc5)nc(-c5ccccc5)n4)c4oc5ccccc5c4c3)CC2C)ccn1. The lowest BCUT2D eigenvalue weighted by atomic mass is 9.82. The van der Waals surface area contributed by atoms with E-state index in [0.29, 0.717) is 23.4 Å². The minimum atomic E-state index is 0.346. The van der Waals surface area contributed by atoms with Crippen molar-refractivity contribution in [2.45, 2.75) is 20.3 Å². The van der Waals surface area contributed by atoms with Crippen LogP contribution in [0.4, 0.5) is 0 Å². The van der Waals surface area contributed by atoms with Gasteiger partial charge in [-0.3, -0.25) is 4.98 Å². The lowest BCUT2D eigenvalue weighted by Gasteiger charge is -2.23. The van der Waals surface area contributed by atoms with Crippen molar-refractivity contribution in [2.24, 2.45) is 5.92 Å². The van der Waals surface area contributed by atoms with Crippen LogP contribution in [0.15, 0.2) is 132 Å². The van der Waals surface area contributed by atoms with Crippen molar-refractivity contribution in [3.63, 3.8) is 0 Å². The Hall–Kier alpha value is -5.68. The van der Waals surface area contributed by atoms with Crippen LogP contribution in [0.2, 0.25) is 0 Å². The molecule has 1 aliphatic rings. The lowest BCUT2D eigenvalue weighted by molar-refractivity contribution is 0.669. The molecule has 0 saturated heterocycles. The Morgan fingerprint density at radius 2 is 1.29 bits per heavy atom. The third kappa shape index (κ3) is 5.02. The van der Waals surface area contributed by atoms with Gasteiger partial charge in [-0.25, -0.2) is 15.0 Å². The van der Waals surface area contributed by atoms with Crippen LogP contribution in [-0.4, -0.2) is 19.9 Å². The van der Waals surface area contributed by atoms with Gasteiger partial charge in [0.2, 0.25) is 0 Å². The van der Waals surface area contributed by atoms with E-state index in [1.54, 1.807) is 0 Å². The van der Waals surface area contributed by atoms with E-state index in [0.717, 1.165) is 56.3 Å². The third-order valence-corrected chi connectivity index (χ3v) is 8.54. The van der Waals surface area contributed by atoms with Crippen molar-refractivity contribution >= 4 is 33.1 Å². The quantitative estimate of drug-likeness (QED) is 0.202. The molecule has 0 saturated carbocycles. The summed E-state index contributed by atoms with van der Waals surface area (Å²) >= 11 is 0. The van der Waals surface area contributed by atoms with E-state index in [-0.39, 0.29) is 0 Å². The van der Waals surface area contributed by atoms with Crippen molar-refractivity contribution in [3.8, 4) is 34.2 Å². The van der Waals surface area contributed by atoms with Gasteiger partial charge in [-0.05, 0) is 71.9 Å². The second-order valence-electron chi connectivity index (χ2n) is 11.6. The van der Waals surface area contributed by atoms with E-state index >= 15 is 0 Å². The van der Waals surface area contributed by atoms with Gasteiger partial charge in [-0.2, -0.15) is 0 Å². The van der Waals surface area contributed by atoms with Crippen LogP contribution < -0.4 is 0 Å². The molecular weight excluding hydrogens is 552 g/mol. The number of rotatable bonds is 5. The van der Waals surface area contributed by atoms with E-state index in [2.05, 4.69) is 60.5 Å². The maximum absolute atomic E-state index is 6.54. The minimum Gasteiger partial charge on any atom is -0.455 e. The summed E-state index contributed by atoms with van der Waals surface area (Å²) < 4.78 is 6.54. The number of hydrogen-bond acceptors (Lipinski definition) is 5. The average molecular weight is 583 g/mol. The standard InChI is InChI=1S/C40H30N4O/c1-25-21-29(17-18-32(25)30-19-20-41-26(2)22-30)31-23-34-33-15-9-10-16-36(33)45-37(34)35(24-31)40-43-38(27-11-5-3-6-12-27)42-39(44-40)28-13-7-4-8-14-28/h3-20,22-25H,21H2,1-2H3. The number of aryl methyl sites for hydroxylation is 1. The van der Waals surface area contributed by atoms with Crippen molar-refractivity contribution in [3.05, 3.63) is 144 Å². The monoisotopic (exact) mass is 582 g/mol. The summed E-state index contributed by atoms with van der Waals surface area (Å²) in [5, 5.41) is 2.12. The van der Waals surface area contributed by atoms with Crippen molar-refractivity contribution in [1.82, 2.24) is 19.9 Å². The number of benzene rings is 4. The van der Waals surface area contributed by atoms with E-state index in [9.17, 15) is 0 Å². The largest absolute Gasteiger partial charge is 0.455 e. The summed E-state index contributed by atoms with van der Waals surface area (Å²) in [4.78, 5) is 19.4. The van der Waals surface area contributed by atoms with Crippen LogP contribution in [-0.2, 0) is 0 Å². The molecule has 8 rings (SSSR count). The molecule has 0 radical (unpaired) electrons. The Kier molecular flexibility index (Phi) is 6.64. The third-order valence-electron chi connectivity index (χ3n) is 8.54. The first kappa shape index (κ1) is 26.9. The van der Waals surface area contributed by atoms with Crippen LogP contribution in [0.25, 0.3) is 67.2 Å². The number of para-hydroxylation sites is 1. The molecule has 0 N–H and O–H groups in total. The van der Waals surface area contributed by atoms with Gasteiger partial charge >= 0.3 is 0 Å². The molecule has 0 aliphatic heterocycles. The first-order chi connectivity index (χ1) is 22.1. The highest BCUT2D eigenvalue weighted by molar-refractivity contribution is 6.10. The minimum absolute atomic E-state index is 0.346. The van der Waals surface area contributed by atoms with E-state index < -0.39 is 0 Å². The summed E-state index contributed by atoms with van der Waals surface area (Å²) in [6, 6.07) is 37.1. The van der Waals surface area contributed by atoms with Crippen LogP contribution in [0.1, 0.15) is 30.2 Å². The number of pyridine rings is 1. The molecule has 5 heteroatoms. The zero-order valence-electron chi connectivity index (χ0n) is 25.1. The Balaban J connectivity index is 1.35. The number of aromatic nitrogens is 4. The van der Waals surface area contributed by atoms with Gasteiger partial charge in [0.25, 0.3) is 0 Å². The summed E-state index contributed by atoms with van der Waals surface area (Å²) in [7, 11) is 0. The predicted molar refractivity (Wildman–Crippen MR) is 182 cm³/mol. The van der Waals surface area contributed by atoms with Gasteiger partial charge < -0.3 is 4.42 Å². The Labute approximate surface area is 261 Å². The molecule has 3 heterocycles. The fourth-order valence-corrected chi connectivity index (χ4v) is 6.29. The van der Waals surface area contributed by atoms with Gasteiger partial charge in [-0.15, -0.1) is 0 Å². The molecule has 216 valence electrons. The van der Waals surface area contributed by atoms with Crippen molar-refractivity contribution < 1.29 is 4.42 Å². The molecule has 0 spiro atoms. The smallest absolute Gasteiger partial charge is 0.167 e. The molecule has 4 aromatic carbocycles. The highest BCUT2D eigenvalue weighted by Gasteiger charge is 2.23. The van der Waals surface area contributed by atoms with E-state index in [4.69, 9.17) is 19.4 Å². The fourth-order valence-electron chi connectivity index (χ4n) is 6.29. The van der Waals surface area contributed by atoms with Crippen LogP contribution in [0, 0.1) is 12.8 Å². The van der Waals surface area contributed by atoms with Crippen molar-refractivity contribution in [1.29, 1.82) is 0 Å². The highest BCUT2D eigenvalue weighted by Crippen LogP contribution is 2.42. The molecule has 7 aromatic rings. The zero-order valence-corrected chi connectivity index (χ0v) is 25.1. The maximum atomic E-state index is 6.54. The number of allylic oxidation sites excluding steroid dienone is 4. The molecule has 5 nitrogen and oxygen atoms in total. The molecule has 0 fully saturated rings. The number of furan rings is 1. The summed E-state index contributed by atoms with van der Waals surface area (Å²) in [5.74, 6) is 2.18. The molecule has 0 amide bonds. The summed E-state index contributed by atoms with van der Waals surface area (Å²) in [5.41, 5.74) is 10.3. The lowest BCUT2D eigenvalue weighted by Crippen LogP contribution is -2.05. The molecule has 1 atom stereocenters. The Morgan fingerprint density at radius 1 is 0.622 bits per heavy atom. The number of hydrogen-bond donors (Lipinski definition) is 0. The van der Waals surface area contributed by atoms with Gasteiger partial charge in [0.05, 0.1) is 5.56 Å². The van der Waals surface area contributed by atoms with Gasteiger partial charge in [0, 0.05) is 33.8 Å². The van der Waals surface area contributed by atoms with E-state index in [1.807, 2.05) is 85.9 Å². The topological polar surface area (TPSA) is 64.7 Å². The maximum Gasteiger partial charge on any atom is 0.167 e. The molecular formula is C40H30N4O. The number of nitrogens with zero attached hydrogens (tertiary/aromatic N) is 4. The Bertz CT molecular complexity index is 2210.